The van der Waals surface area contributed by atoms with Crippen molar-refractivity contribution in [1.82, 2.24) is 4.90 Å². The third kappa shape index (κ3) is 5.06. The number of para-hydroxylation sites is 1. The van der Waals surface area contributed by atoms with Crippen molar-refractivity contribution in [3.05, 3.63) is 59.7 Å². The number of amides is 2. The van der Waals surface area contributed by atoms with Crippen LogP contribution in [0.4, 0.5) is 10.5 Å². The Labute approximate surface area is 170 Å². The van der Waals surface area contributed by atoms with E-state index in [0.29, 0.717) is 18.5 Å². The summed E-state index contributed by atoms with van der Waals surface area (Å²) in [6.07, 6.45) is 1.69. The molecule has 154 valence electrons. The smallest absolute Gasteiger partial charge is 0.407 e. The van der Waals surface area contributed by atoms with E-state index in [1.54, 1.807) is 31.2 Å². The average Bonchev–Trinajstić information content (AvgIpc) is 3.07. The monoisotopic (exact) mass is 397 g/mol. The van der Waals surface area contributed by atoms with Crippen LogP contribution in [0.3, 0.4) is 0 Å². The van der Waals surface area contributed by atoms with E-state index in [1.807, 2.05) is 24.3 Å². The highest BCUT2D eigenvalue weighted by molar-refractivity contribution is 5.94. The van der Waals surface area contributed by atoms with E-state index in [4.69, 9.17) is 5.73 Å². The van der Waals surface area contributed by atoms with Crippen molar-refractivity contribution < 1.29 is 19.8 Å². The van der Waals surface area contributed by atoms with Gasteiger partial charge in [-0.1, -0.05) is 30.3 Å². The highest BCUT2D eigenvalue weighted by atomic mass is 16.4. The number of benzene rings is 2. The van der Waals surface area contributed by atoms with E-state index in [-0.39, 0.29) is 23.7 Å². The number of carbonyl (C=O) groups is 2. The van der Waals surface area contributed by atoms with Crippen molar-refractivity contribution in [2.24, 2.45) is 5.73 Å². The number of hydrogen-bond acceptors (Lipinski definition) is 4. The maximum absolute atomic E-state index is 11.9. The molecule has 0 spiro atoms. The first-order valence-electron chi connectivity index (χ1n) is 9.78. The van der Waals surface area contributed by atoms with Crippen LogP contribution in [0.5, 0.6) is 5.75 Å². The molecular weight excluding hydrogens is 370 g/mol. The van der Waals surface area contributed by atoms with E-state index >= 15 is 0 Å². The third-order valence-electron chi connectivity index (χ3n) is 5.39. The molecule has 0 aliphatic carbocycles. The van der Waals surface area contributed by atoms with Crippen LogP contribution < -0.4 is 11.1 Å². The number of phenolic OH excluding ortho intramolecular Hbond substituents is 1. The lowest BCUT2D eigenvalue weighted by molar-refractivity contribution is -0.117. The molecule has 7 heteroatoms. The van der Waals surface area contributed by atoms with Crippen LogP contribution in [0.2, 0.25) is 0 Å². The van der Waals surface area contributed by atoms with Gasteiger partial charge in [0.05, 0.1) is 6.04 Å². The summed E-state index contributed by atoms with van der Waals surface area (Å²) >= 11 is 0. The van der Waals surface area contributed by atoms with Crippen LogP contribution in [0.25, 0.3) is 0 Å². The Morgan fingerprint density at radius 1 is 1.10 bits per heavy atom. The number of nitrogens with zero attached hydrogens (tertiary/aromatic N) is 1. The highest BCUT2D eigenvalue weighted by Gasteiger charge is 2.37. The molecule has 0 unspecified atom stereocenters. The van der Waals surface area contributed by atoms with Crippen LogP contribution in [0, 0.1) is 0 Å². The van der Waals surface area contributed by atoms with E-state index in [0.717, 1.165) is 24.0 Å². The van der Waals surface area contributed by atoms with Crippen LogP contribution in [-0.4, -0.2) is 45.2 Å². The van der Waals surface area contributed by atoms with Crippen molar-refractivity contribution in [2.45, 2.75) is 50.7 Å². The Balaban J connectivity index is 1.66. The van der Waals surface area contributed by atoms with E-state index in [9.17, 15) is 19.8 Å². The van der Waals surface area contributed by atoms with Crippen LogP contribution in [0.15, 0.2) is 48.5 Å². The van der Waals surface area contributed by atoms with E-state index in [1.165, 1.54) is 4.90 Å². The van der Waals surface area contributed by atoms with Gasteiger partial charge in [-0.05, 0) is 61.9 Å². The molecule has 2 amide bonds. The van der Waals surface area contributed by atoms with Gasteiger partial charge in [-0.25, -0.2) is 4.79 Å². The molecule has 0 radical (unpaired) electrons. The van der Waals surface area contributed by atoms with Crippen molar-refractivity contribution in [3.8, 4) is 5.75 Å². The van der Waals surface area contributed by atoms with Gasteiger partial charge in [-0.15, -0.1) is 0 Å². The van der Waals surface area contributed by atoms with Gasteiger partial charge >= 0.3 is 6.09 Å². The Morgan fingerprint density at radius 3 is 2.31 bits per heavy atom. The van der Waals surface area contributed by atoms with Crippen molar-refractivity contribution in [1.29, 1.82) is 0 Å². The van der Waals surface area contributed by atoms with Gasteiger partial charge in [0, 0.05) is 17.8 Å². The summed E-state index contributed by atoms with van der Waals surface area (Å²) in [6.45, 7) is 1.62. The lowest BCUT2D eigenvalue weighted by Gasteiger charge is -2.28. The largest absolute Gasteiger partial charge is 0.508 e. The van der Waals surface area contributed by atoms with Crippen LogP contribution >= 0.6 is 0 Å². The minimum absolute atomic E-state index is 0.118. The number of nitrogens with one attached hydrogen (secondary N) is 1. The first-order valence-corrected chi connectivity index (χ1v) is 9.78. The fourth-order valence-corrected chi connectivity index (χ4v) is 3.86. The SMILES string of the molecule is C[C@H](N)C(=O)Nc1ccc(C[C@@H]2CC[C@H](Cc3ccccc3O)N2C(=O)O)cc1. The van der Waals surface area contributed by atoms with Crippen molar-refractivity contribution in [2.75, 3.05) is 5.32 Å². The van der Waals surface area contributed by atoms with Crippen molar-refractivity contribution >= 4 is 17.7 Å². The summed E-state index contributed by atoms with van der Waals surface area (Å²) in [7, 11) is 0. The topological polar surface area (TPSA) is 116 Å². The number of phenols is 1. The Bertz CT molecular complexity index is 867. The maximum Gasteiger partial charge on any atom is 0.407 e. The Hall–Kier alpha value is -3.06. The molecule has 1 aliphatic rings. The molecule has 29 heavy (non-hydrogen) atoms. The molecule has 2 aromatic carbocycles. The number of carboxylic acid groups (broad SMARTS) is 1. The summed E-state index contributed by atoms with van der Waals surface area (Å²) in [4.78, 5) is 25.1. The molecule has 1 fully saturated rings. The Morgan fingerprint density at radius 2 is 1.72 bits per heavy atom. The fourth-order valence-electron chi connectivity index (χ4n) is 3.86. The molecule has 3 rings (SSSR count). The van der Waals surface area contributed by atoms with E-state index < -0.39 is 12.1 Å². The molecule has 3 atom stereocenters. The lowest BCUT2D eigenvalue weighted by Crippen LogP contribution is -2.42. The van der Waals surface area contributed by atoms with Gasteiger partial charge in [-0.2, -0.15) is 0 Å². The zero-order valence-corrected chi connectivity index (χ0v) is 16.4. The average molecular weight is 397 g/mol. The molecule has 0 aromatic heterocycles. The number of anilines is 1. The summed E-state index contributed by atoms with van der Waals surface area (Å²) in [5, 5.41) is 22.5. The van der Waals surface area contributed by atoms with Crippen molar-refractivity contribution in [3.63, 3.8) is 0 Å². The molecule has 1 heterocycles. The molecule has 1 saturated heterocycles. The zero-order valence-electron chi connectivity index (χ0n) is 16.4. The second-order valence-electron chi connectivity index (χ2n) is 7.59. The highest BCUT2D eigenvalue weighted by Crippen LogP contribution is 2.31. The number of hydrogen-bond donors (Lipinski definition) is 4. The standard InChI is InChI=1S/C22H27N3O4/c1-14(23)21(27)24-17-8-6-15(7-9-17)12-18-10-11-19(25(18)22(28)29)13-16-4-2-3-5-20(16)26/h2-9,14,18-19,26H,10-13,23H2,1H3,(H,24,27)(H,28,29)/t14-,18-,19+/m0/s1. The quantitative estimate of drug-likeness (QED) is 0.598. The van der Waals surface area contributed by atoms with Crippen LogP contribution in [0.1, 0.15) is 30.9 Å². The van der Waals surface area contributed by atoms with Crippen LogP contribution in [-0.2, 0) is 17.6 Å². The zero-order chi connectivity index (χ0) is 21.0. The summed E-state index contributed by atoms with van der Waals surface area (Å²) in [5.74, 6) is -0.0525. The van der Waals surface area contributed by atoms with Gasteiger partial charge in [-0.3, -0.25) is 4.79 Å². The molecule has 0 saturated carbocycles. The summed E-state index contributed by atoms with van der Waals surface area (Å²) in [6, 6.07) is 13.6. The first kappa shape index (κ1) is 20.7. The minimum atomic E-state index is -0.936. The first-order chi connectivity index (χ1) is 13.8. The number of carbonyl (C=O) groups excluding carboxylic acids is 1. The van der Waals surface area contributed by atoms with Gasteiger partial charge in [0.15, 0.2) is 0 Å². The Kier molecular flexibility index (Phi) is 6.39. The molecule has 0 bridgehead atoms. The second kappa shape index (κ2) is 8.96. The van der Waals surface area contributed by atoms with Gasteiger partial charge < -0.3 is 26.2 Å². The number of nitrogens with two attached hydrogens (primary N) is 1. The number of rotatable bonds is 6. The molecule has 1 aliphatic heterocycles. The summed E-state index contributed by atoms with van der Waals surface area (Å²) in [5.41, 5.74) is 7.98. The molecular formula is C22H27N3O4. The predicted octanol–water partition coefficient (Wildman–Crippen LogP) is 2.97. The second-order valence-corrected chi connectivity index (χ2v) is 7.59. The minimum Gasteiger partial charge on any atom is -0.508 e. The van der Waals surface area contributed by atoms with E-state index in [2.05, 4.69) is 5.32 Å². The number of aromatic hydroxyl groups is 1. The molecule has 2 aromatic rings. The summed E-state index contributed by atoms with van der Waals surface area (Å²) < 4.78 is 0. The van der Waals surface area contributed by atoms with Gasteiger partial charge in [0.25, 0.3) is 0 Å². The maximum atomic E-state index is 11.9. The third-order valence-corrected chi connectivity index (χ3v) is 5.39. The molecule has 5 N–H and O–H groups in total. The predicted molar refractivity (Wildman–Crippen MR) is 111 cm³/mol. The van der Waals surface area contributed by atoms with Gasteiger partial charge in [0.2, 0.25) is 5.91 Å². The fraction of sp³-hybridized carbons (Fsp3) is 0.364. The lowest BCUT2D eigenvalue weighted by atomic mass is 10.0. The van der Waals surface area contributed by atoms with Gasteiger partial charge in [0.1, 0.15) is 5.75 Å². The normalized spacial score (nSPS) is 19.7. The number of likely N-dealkylation sites (tertiary alicyclic amines) is 1. The molecule has 7 nitrogen and oxygen atoms in total.